The minimum atomic E-state index is -3.59. The molecule has 0 unspecified atom stereocenters. The largest absolute Gasteiger partial charge is 0.495 e. The third-order valence-corrected chi connectivity index (χ3v) is 5.38. The molecule has 2 rings (SSSR count). The second-order valence-corrected chi connectivity index (χ2v) is 9.46. The maximum Gasteiger partial charge on any atom is 0.293 e. The Morgan fingerprint density at radius 3 is 2.28 bits per heavy atom. The number of hydrogen-bond acceptors (Lipinski definition) is 6. The lowest BCUT2D eigenvalue weighted by molar-refractivity contribution is -0.138. The van der Waals surface area contributed by atoms with E-state index in [4.69, 9.17) is 4.74 Å². The summed E-state index contributed by atoms with van der Waals surface area (Å²) in [5.41, 5.74) is -0.742. The summed E-state index contributed by atoms with van der Waals surface area (Å²) in [6, 6.07) is 4.90. The first kappa shape index (κ1) is 21.9. The third-order valence-electron chi connectivity index (χ3n) is 3.23. The Balaban J connectivity index is 0.000000381. The summed E-state index contributed by atoms with van der Waals surface area (Å²) in [6.07, 6.45) is 0. The zero-order chi connectivity index (χ0) is 19.3. The maximum atomic E-state index is 12.3. The molecule has 0 bridgehead atoms. The average molecular weight is 437 g/mol. The molecule has 1 aromatic carbocycles. The third kappa shape index (κ3) is 6.93. The summed E-state index contributed by atoms with van der Waals surface area (Å²) in [5.74, 6) is 0.335. The van der Waals surface area contributed by atoms with E-state index in [9.17, 15) is 13.2 Å². The van der Waals surface area contributed by atoms with E-state index < -0.39 is 15.6 Å². The van der Waals surface area contributed by atoms with Crippen molar-refractivity contribution in [3.8, 4) is 5.75 Å². The van der Waals surface area contributed by atoms with Crippen molar-refractivity contribution in [2.24, 2.45) is 0 Å². The molecule has 1 aliphatic rings. The van der Waals surface area contributed by atoms with Crippen LogP contribution in [0.15, 0.2) is 27.6 Å². The van der Waals surface area contributed by atoms with E-state index in [1.165, 1.54) is 13.2 Å². The van der Waals surface area contributed by atoms with E-state index in [-0.39, 0.29) is 10.5 Å². The number of rotatable bonds is 5. The van der Waals surface area contributed by atoms with Gasteiger partial charge in [0.25, 0.3) is 6.47 Å². The van der Waals surface area contributed by atoms with Crippen molar-refractivity contribution in [2.45, 2.75) is 43.7 Å². The Morgan fingerprint density at radius 1 is 1.32 bits per heavy atom. The minimum Gasteiger partial charge on any atom is -0.495 e. The zero-order valence-corrected chi connectivity index (χ0v) is 17.5. The number of methoxy groups -OCH3 is 1. The lowest BCUT2D eigenvalue weighted by atomic mass is 9.97. The van der Waals surface area contributed by atoms with Crippen LogP contribution in [0.4, 0.5) is 0 Å². The maximum absolute atomic E-state index is 12.3. The molecule has 2 N–H and O–H groups in total. The van der Waals surface area contributed by atoms with Gasteiger partial charge in [0.2, 0.25) is 10.0 Å². The molecule has 1 fully saturated rings. The molecule has 7 nitrogen and oxygen atoms in total. The highest BCUT2D eigenvalue weighted by atomic mass is 79.9. The molecule has 9 heteroatoms. The molecule has 0 amide bonds. The summed E-state index contributed by atoms with van der Waals surface area (Å²) in [5, 5.41) is 3.05. The van der Waals surface area contributed by atoms with Crippen molar-refractivity contribution in [2.75, 3.05) is 20.2 Å². The number of carbonyl (C=O) groups is 1. The van der Waals surface area contributed by atoms with E-state index in [1.54, 1.807) is 12.1 Å². The predicted octanol–water partition coefficient (Wildman–Crippen LogP) is 2.06. The highest BCUT2D eigenvalue weighted by Gasteiger charge is 2.37. The van der Waals surface area contributed by atoms with Crippen molar-refractivity contribution in [1.29, 1.82) is 0 Å². The number of nitrogens with one attached hydrogen (secondary N) is 2. The minimum absolute atomic E-state index is 0.146. The average Bonchev–Trinajstić information content (AvgIpc) is 2.44. The van der Waals surface area contributed by atoms with Crippen LogP contribution >= 0.6 is 15.9 Å². The Bertz CT molecular complexity index is 697. The van der Waals surface area contributed by atoms with Crippen molar-refractivity contribution >= 4 is 32.4 Å². The SMILES string of the molecule is CC(C)(C)OC=O.COc1ccc(Br)cc1S(=O)(=O)NC1(C)CNC1. The van der Waals surface area contributed by atoms with Gasteiger partial charge >= 0.3 is 0 Å². The molecule has 25 heavy (non-hydrogen) atoms. The molecular weight excluding hydrogens is 412 g/mol. The smallest absolute Gasteiger partial charge is 0.293 e. The van der Waals surface area contributed by atoms with E-state index in [1.807, 2.05) is 27.7 Å². The van der Waals surface area contributed by atoms with Crippen LogP contribution in [0, 0.1) is 0 Å². The predicted molar refractivity (Wildman–Crippen MR) is 99.2 cm³/mol. The molecule has 0 spiro atoms. The lowest BCUT2D eigenvalue weighted by Crippen LogP contribution is -2.66. The molecule has 1 saturated heterocycles. The molecule has 1 aliphatic heterocycles. The standard InChI is InChI=1S/C11H15BrN2O3S.C5H10O2/c1-11(6-13-7-11)14-18(15,16)10-5-8(12)3-4-9(10)17-2;1-5(2,3)7-4-6/h3-5,13-14H,6-7H2,1-2H3;4H,1-3H3. The van der Waals surface area contributed by atoms with Crippen molar-refractivity contribution < 1.29 is 22.7 Å². The first-order chi connectivity index (χ1) is 11.4. The molecule has 0 aromatic heterocycles. The van der Waals surface area contributed by atoms with Gasteiger partial charge in [-0.1, -0.05) is 15.9 Å². The quantitative estimate of drug-likeness (QED) is 0.685. The first-order valence-electron chi connectivity index (χ1n) is 7.62. The molecule has 0 atom stereocenters. The topological polar surface area (TPSA) is 93.7 Å². The summed E-state index contributed by atoms with van der Waals surface area (Å²) in [7, 11) is -2.14. The van der Waals surface area contributed by atoms with E-state index >= 15 is 0 Å². The van der Waals surface area contributed by atoms with Gasteiger partial charge in [-0.2, -0.15) is 0 Å². The molecule has 1 heterocycles. The van der Waals surface area contributed by atoms with Crippen LogP contribution in [-0.4, -0.2) is 46.2 Å². The van der Waals surface area contributed by atoms with Gasteiger partial charge in [0.05, 0.1) is 12.6 Å². The van der Waals surface area contributed by atoms with Crippen LogP contribution in [0.3, 0.4) is 0 Å². The van der Waals surface area contributed by atoms with Gasteiger partial charge in [-0.05, 0) is 45.9 Å². The van der Waals surface area contributed by atoms with Gasteiger partial charge in [0.15, 0.2) is 0 Å². The number of halogens is 1. The van der Waals surface area contributed by atoms with Gasteiger partial charge in [-0.25, -0.2) is 13.1 Å². The Labute approximate surface area is 157 Å². The summed E-state index contributed by atoms with van der Waals surface area (Å²) in [4.78, 5) is 9.74. The normalized spacial score (nSPS) is 16.1. The fourth-order valence-electron chi connectivity index (χ4n) is 1.96. The number of hydrogen-bond donors (Lipinski definition) is 2. The number of sulfonamides is 1. The fourth-order valence-corrected chi connectivity index (χ4v) is 4.07. The number of benzene rings is 1. The van der Waals surface area contributed by atoms with Gasteiger partial charge in [-0.15, -0.1) is 0 Å². The number of ether oxygens (including phenoxy) is 2. The summed E-state index contributed by atoms with van der Waals surface area (Å²) >= 11 is 3.27. The second kappa shape index (κ2) is 8.48. The van der Waals surface area contributed by atoms with Crippen molar-refractivity contribution in [3.05, 3.63) is 22.7 Å². The van der Waals surface area contributed by atoms with E-state index in [0.29, 0.717) is 29.8 Å². The highest BCUT2D eigenvalue weighted by molar-refractivity contribution is 9.10. The first-order valence-corrected chi connectivity index (χ1v) is 9.90. The van der Waals surface area contributed by atoms with Crippen LogP contribution in [0.25, 0.3) is 0 Å². The van der Waals surface area contributed by atoms with Crippen LogP contribution in [0.2, 0.25) is 0 Å². The van der Waals surface area contributed by atoms with Crippen LogP contribution < -0.4 is 14.8 Å². The summed E-state index contributed by atoms with van der Waals surface area (Å²) < 4.78 is 37.7. The van der Waals surface area contributed by atoms with Gasteiger partial charge in [-0.3, -0.25) is 4.79 Å². The Morgan fingerprint density at radius 2 is 1.92 bits per heavy atom. The van der Waals surface area contributed by atoms with Crippen molar-refractivity contribution in [1.82, 2.24) is 10.0 Å². The molecule has 1 aromatic rings. The van der Waals surface area contributed by atoms with Gasteiger partial charge < -0.3 is 14.8 Å². The number of carbonyl (C=O) groups excluding carboxylic acids is 1. The monoisotopic (exact) mass is 436 g/mol. The highest BCUT2D eigenvalue weighted by Crippen LogP contribution is 2.28. The van der Waals surface area contributed by atoms with E-state index in [0.717, 1.165) is 0 Å². The van der Waals surface area contributed by atoms with Crippen LogP contribution in [0.1, 0.15) is 27.7 Å². The van der Waals surface area contributed by atoms with Gasteiger partial charge in [0.1, 0.15) is 16.2 Å². The molecular formula is C16H25BrN2O5S. The lowest BCUT2D eigenvalue weighted by Gasteiger charge is -2.39. The Hall–Kier alpha value is -1.16. The second-order valence-electron chi connectivity index (χ2n) is 6.89. The fraction of sp³-hybridized carbons (Fsp3) is 0.562. The zero-order valence-electron chi connectivity index (χ0n) is 15.1. The molecule has 142 valence electrons. The molecule has 0 aliphatic carbocycles. The molecule has 0 radical (unpaired) electrons. The Kier molecular flexibility index (Phi) is 7.42. The molecule has 0 saturated carbocycles. The van der Waals surface area contributed by atoms with E-state index in [2.05, 4.69) is 30.7 Å². The van der Waals surface area contributed by atoms with Crippen LogP contribution in [0.5, 0.6) is 5.75 Å². The summed E-state index contributed by atoms with van der Waals surface area (Å²) in [6.45, 7) is 9.04. The van der Waals surface area contributed by atoms with Crippen molar-refractivity contribution in [3.63, 3.8) is 0 Å². The van der Waals surface area contributed by atoms with Crippen LogP contribution in [-0.2, 0) is 19.6 Å². The van der Waals surface area contributed by atoms with Gasteiger partial charge in [0, 0.05) is 17.6 Å².